The number of carbonyl (C=O) groups excluding carboxylic acids is 1. The second kappa shape index (κ2) is 9.32. The molecular weight excluding hydrogens is 406 g/mol. The van der Waals surface area contributed by atoms with Crippen LogP contribution < -0.4 is 5.32 Å². The molecule has 2 heterocycles. The smallest absolute Gasteiger partial charge is 0.257 e. The number of amides is 1. The van der Waals surface area contributed by atoms with E-state index in [1.807, 2.05) is 18.2 Å². The molecule has 2 aromatic carbocycles. The number of hydrogen-bond donors (Lipinski definition) is 1. The van der Waals surface area contributed by atoms with Gasteiger partial charge in [-0.15, -0.1) is 0 Å². The van der Waals surface area contributed by atoms with Crippen LogP contribution in [0.25, 0.3) is 16.8 Å². The molecule has 0 unspecified atom stereocenters. The molecule has 0 atom stereocenters. The van der Waals surface area contributed by atoms with E-state index in [9.17, 15) is 4.79 Å². The van der Waals surface area contributed by atoms with Crippen LogP contribution in [0.1, 0.15) is 53.2 Å². The fraction of sp³-hybridized carbons (Fsp3) is 0.310. The molecule has 168 valence electrons. The van der Waals surface area contributed by atoms with Gasteiger partial charge in [0.25, 0.3) is 5.91 Å². The summed E-state index contributed by atoms with van der Waals surface area (Å²) in [6.07, 6.45) is 6.45. The van der Waals surface area contributed by atoms with Crippen LogP contribution in [-0.4, -0.2) is 35.4 Å². The van der Waals surface area contributed by atoms with Crippen LogP contribution in [0.4, 0.5) is 5.69 Å². The molecule has 1 aromatic heterocycles. The van der Waals surface area contributed by atoms with E-state index in [-0.39, 0.29) is 5.91 Å². The zero-order valence-electron chi connectivity index (χ0n) is 19.5. The Balaban J connectivity index is 1.28. The molecule has 4 heteroatoms. The van der Waals surface area contributed by atoms with E-state index < -0.39 is 0 Å². The summed E-state index contributed by atoms with van der Waals surface area (Å²) in [6.45, 7) is 7.89. The maximum Gasteiger partial charge on any atom is 0.257 e. The van der Waals surface area contributed by atoms with Gasteiger partial charge in [-0.25, -0.2) is 0 Å². The highest BCUT2D eigenvalue weighted by atomic mass is 16.1. The van der Waals surface area contributed by atoms with Crippen LogP contribution in [0.5, 0.6) is 0 Å². The Morgan fingerprint density at radius 2 is 1.76 bits per heavy atom. The van der Waals surface area contributed by atoms with Gasteiger partial charge in [0.1, 0.15) is 0 Å². The number of anilines is 1. The number of aryl methyl sites for hydroxylation is 2. The van der Waals surface area contributed by atoms with Gasteiger partial charge in [-0.2, -0.15) is 0 Å². The number of hydrogen-bond acceptors (Lipinski definition) is 3. The van der Waals surface area contributed by atoms with Crippen LogP contribution in [0.3, 0.4) is 0 Å². The Morgan fingerprint density at radius 3 is 2.48 bits per heavy atom. The SMILES string of the molecule is CC1=C(CN2CCCC2)CCc2cc(NC(=O)c3ccc(-c4ccc(C)cc4)nc3)ccc21. The van der Waals surface area contributed by atoms with Gasteiger partial charge in [-0.05, 0) is 93.6 Å². The largest absolute Gasteiger partial charge is 0.322 e. The zero-order valence-corrected chi connectivity index (χ0v) is 19.5. The second-order valence-corrected chi connectivity index (χ2v) is 9.34. The molecule has 0 bridgehead atoms. The lowest BCUT2D eigenvalue weighted by molar-refractivity contribution is 0.102. The summed E-state index contributed by atoms with van der Waals surface area (Å²) in [6, 6.07) is 18.3. The third-order valence-corrected chi connectivity index (χ3v) is 6.98. The molecule has 5 rings (SSSR count). The Hall–Kier alpha value is -3.24. The van der Waals surface area contributed by atoms with Crippen molar-refractivity contribution in [3.8, 4) is 11.3 Å². The summed E-state index contributed by atoms with van der Waals surface area (Å²) in [4.78, 5) is 19.9. The molecule has 1 fully saturated rings. The molecule has 1 amide bonds. The van der Waals surface area contributed by atoms with Gasteiger partial charge < -0.3 is 5.32 Å². The highest BCUT2D eigenvalue weighted by Crippen LogP contribution is 2.33. The molecule has 1 aliphatic heterocycles. The zero-order chi connectivity index (χ0) is 22.8. The third-order valence-electron chi connectivity index (χ3n) is 6.98. The van der Waals surface area contributed by atoms with Crippen molar-refractivity contribution in [1.82, 2.24) is 9.88 Å². The summed E-state index contributed by atoms with van der Waals surface area (Å²) in [7, 11) is 0. The van der Waals surface area contributed by atoms with Crippen LogP contribution in [0, 0.1) is 6.92 Å². The molecular formula is C29H31N3O. The standard InChI is InChI=1S/C29H31N3O/c1-20-5-7-22(8-6-20)28-14-11-24(18-30-28)29(33)31-26-12-13-27-21(2)25(10-9-23(27)17-26)19-32-15-3-4-16-32/h5-8,11-14,17-18H,3-4,9-10,15-16,19H2,1-2H3,(H,31,33). The van der Waals surface area contributed by atoms with E-state index in [0.29, 0.717) is 5.56 Å². The Morgan fingerprint density at radius 1 is 0.970 bits per heavy atom. The van der Waals surface area contributed by atoms with Crippen LogP contribution >= 0.6 is 0 Å². The number of nitrogens with one attached hydrogen (secondary N) is 1. The quantitative estimate of drug-likeness (QED) is 0.523. The summed E-state index contributed by atoms with van der Waals surface area (Å²) in [5, 5.41) is 3.06. The maximum atomic E-state index is 12.8. The number of allylic oxidation sites excluding steroid dienone is 1. The third kappa shape index (κ3) is 4.76. The predicted molar refractivity (Wildman–Crippen MR) is 135 cm³/mol. The van der Waals surface area contributed by atoms with Gasteiger partial charge in [-0.3, -0.25) is 14.7 Å². The van der Waals surface area contributed by atoms with Crippen molar-refractivity contribution in [2.75, 3.05) is 25.0 Å². The monoisotopic (exact) mass is 437 g/mol. The lowest BCUT2D eigenvalue weighted by Gasteiger charge is -2.25. The minimum absolute atomic E-state index is 0.129. The normalized spacial score (nSPS) is 16.1. The van der Waals surface area contributed by atoms with Gasteiger partial charge >= 0.3 is 0 Å². The van der Waals surface area contributed by atoms with Crippen molar-refractivity contribution in [2.45, 2.75) is 39.5 Å². The summed E-state index contributed by atoms with van der Waals surface area (Å²) < 4.78 is 0. The Bertz CT molecular complexity index is 1190. The highest BCUT2D eigenvalue weighted by Gasteiger charge is 2.20. The molecule has 0 radical (unpaired) electrons. The Labute approximate surface area is 196 Å². The number of rotatable bonds is 5. The van der Waals surface area contributed by atoms with E-state index >= 15 is 0 Å². The topological polar surface area (TPSA) is 45.2 Å². The first kappa shape index (κ1) is 21.6. The van der Waals surface area contributed by atoms with Crippen molar-refractivity contribution in [3.63, 3.8) is 0 Å². The first-order chi connectivity index (χ1) is 16.1. The minimum atomic E-state index is -0.129. The van der Waals surface area contributed by atoms with Gasteiger partial charge in [0.05, 0.1) is 11.3 Å². The molecule has 0 saturated carbocycles. The van der Waals surface area contributed by atoms with Crippen molar-refractivity contribution < 1.29 is 4.79 Å². The predicted octanol–water partition coefficient (Wildman–Crippen LogP) is 6.12. The average molecular weight is 438 g/mol. The number of pyridine rings is 1. The number of carbonyl (C=O) groups is 1. The average Bonchev–Trinajstić information content (AvgIpc) is 3.35. The molecule has 4 nitrogen and oxygen atoms in total. The van der Waals surface area contributed by atoms with Crippen molar-refractivity contribution >= 4 is 17.2 Å². The molecule has 1 saturated heterocycles. The summed E-state index contributed by atoms with van der Waals surface area (Å²) in [5.74, 6) is -0.129. The molecule has 1 aliphatic carbocycles. The van der Waals surface area contributed by atoms with E-state index in [2.05, 4.69) is 65.4 Å². The molecule has 0 spiro atoms. The molecule has 1 N–H and O–H groups in total. The van der Waals surface area contributed by atoms with Crippen LogP contribution in [0.2, 0.25) is 0 Å². The summed E-state index contributed by atoms with van der Waals surface area (Å²) in [5.41, 5.74) is 10.2. The lowest BCUT2D eigenvalue weighted by atomic mass is 9.86. The lowest BCUT2D eigenvalue weighted by Crippen LogP contribution is -2.24. The molecule has 2 aliphatic rings. The molecule has 33 heavy (non-hydrogen) atoms. The number of aromatic nitrogens is 1. The van der Waals surface area contributed by atoms with Gasteiger partial charge in [0, 0.05) is 24.0 Å². The summed E-state index contributed by atoms with van der Waals surface area (Å²) >= 11 is 0. The Kier molecular flexibility index (Phi) is 6.10. The first-order valence-electron chi connectivity index (χ1n) is 12.0. The van der Waals surface area contributed by atoms with Gasteiger partial charge in [0.2, 0.25) is 0 Å². The maximum absolute atomic E-state index is 12.8. The number of fused-ring (bicyclic) bond motifs is 1. The van der Waals surface area contributed by atoms with E-state index in [4.69, 9.17) is 0 Å². The van der Waals surface area contributed by atoms with E-state index in [1.165, 1.54) is 48.2 Å². The minimum Gasteiger partial charge on any atom is -0.322 e. The van der Waals surface area contributed by atoms with Crippen molar-refractivity contribution in [2.24, 2.45) is 0 Å². The molecule has 3 aromatic rings. The van der Waals surface area contributed by atoms with E-state index in [1.54, 1.807) is 11.8 Å². The van der Waals surface area contributed by atoms with Gasteiger partial charge in [-0.1, -0.05) is 41.5 Å². The van der Waals surface area contributed by atoms with Crippen molar-refractivity contribution in [3.05, 3.63) is 88.6 Å². The van der Waals surface area contributed by atoms with E-state index in [0.717, 1.165) is 36.3 Å². The van der Waals surface area contributed by atoms with Gasteiger partial charge in [0.15, 0.2) is 0 Å². The van der Waals surface area contributed by atoms with Crippen molar-refractivity contribution in [1.29, 1.82) is 0 Å². The fourth-order valence-electron chi connectivity index (χ4n) is 4.94. The second-order valence-electron chi connectivity index (χ2n) is 9.34. The number of likely N-dealkylation sites (tertiary alicyclic amines) is 1. The fourth-order valence-corrected chi connectivity index (χ4v) is 4.94. The number of nitrogens with zero attached hydrogens (tertiary/aromatic N) is 2. The van der Waals surface area contributed by atoms with Crippen LogP contribution in [-0.2, 0) is 6.42 Å². The van der Waals surface area contributed by atoms with Crippen LogP contribution in [0.15, 0.2) is 66.4 Å². The number of benzene rings is 2. The first-order valence-corrected chi connectivity index (χ1v) is 12.0. The highest BCUT2D eigenvalue weighted by molar-refractivity contribution is 6.04.